The van der Waals surface area contributed by atoms with Gasteiger partial charge in [-0.05, 0) is 12.1 Å². The van der Waals surface area contributed by atoms with Gasteiger partial charge < -0.3 is 9.47 Å². The third-order valence-corrected chi connectivity index (χ3v) is 4.08. The number of benzene rings is 1. The molecule has 0 aliphatic rings. The van der Waals surface area contributed by atoms with Crippen molar-refractivity contribution in [1.82, 2.24) is 4.98 Å². The predicted molar refractivity (Wildman–Crippen MR) is 82.6 cm³/mol. The maximum absolute atomic E-state index is 11.9. The molecule has 0 bridgehead atoms. The number of halogens is 3. The lowest BCUT2D eigenvalue weighted by Gasteiger charge is -2.11. The van der Waals surface area contributed by atoms with Crippen LogP contribution in [0.3, 0.4) is 0 Å². The van der Waals surface area contributed by atoms with E-state index >= 15 is 0 Å². The van der Waals surface area contributed by atoms with Gasteiger partial charge in [0, 0.05) is 17.2 Å². The first-order valence-electron chi connectivity index (χ1n) is 5.76. The van der Waals surface area contributed by atoms with E-state index in [0.717, 1.165) is 0 Å². The monoisotopic (exact) mass is 345 g/mol. The molecule has 0 atom stereocenters. The zero-order valence-electron chi connectivity index (χ0n) is 11.1. The lowest BCUT2D eigenvalue weighted by molar-refractivity contribution is 0.0594. The summed E-state index contributed by atoms with van der Waals surface area (Å²) < 4.78 is 9.75. The second kappa shape index (κ2) is 6.52. The fraction of sp³-hybridized carbons (Fsp3) is 0.143. The smallest absolute Gasteiger partial charge is 0.357 e. The molecular formula is C14H10Cl3NO3. The number of methoxy groups -OCH3 is 2. The minimum atomic E-state index is -0.606. The molecule has 0 unspecified atom stereocenters. The van der Waals surface area contributed by atoms with E-state index in [1.807, 2.05) is 0 Å². The van der Waals surface area contributed by atoms with Crippen LogP contribution in [-0.2, 0) is 4.74 Å². The van der Waals surface area contributed by atoms with Gasteiger partial charge in [-0.2, -0.15) is 0 Å². The largest absolute Gasteiger partial charge is 0.481 e. The number of rotatable bonds is 3. The number of ether oxygens (including phenoxy) is 2. The molecule has 0 aliphatic heterocycles. The first-order chi connectivity index (χ1) is 9.99. The summed E-state index contributed by atoms with van der Waals surface area (Å²) in [6.45, 7) is 0. The molecule has 1 aromatic carbocycles. The molecule has 1 aromatic heterocycles. The van der Waals surface area contributed by atoms with Crippen molar-refractivity contribution in [2.75, 3.05) is 14.2 Å². The summed E-state index contributed by atoms with van der Waals surface area (Å²) in [5.74, 6) is -0.318. The summed E-state index contributed by atoms with van der Waals surface area (Å²) in [7, 11) is 2.72. The van der Waals surface area contributed by atoms with Gasteiger partial charge in [0.15, 0.2) is 5.69 Å². The Morgan fingerprint density at radius 2 is 1.67 bits per heavy atom. The van der Waals surface area contributed by atoms with Crippen LogP contribution < -0.4 is 4.74 Å². The number of hydrogen-bond acceptors (Lipinski definition) is 4. The maximum Gasteiger partial charge on any atom is 0.357 e. The van der Waals surface area contributed by atoms with Crippen LogP contribution in [0.5, 0.6) is 5.88 Å². The zero-order chi connectivity index (χ0) is 15.6. The fourth-order valence-corrected chi connectivity index (χ4v) is 2.40. The highest BCUT2D eigenvalue weighted by Crippen LogP contribution is 2.39. The van der Waals surface area contributed by atoms with Crippen molar-refractivity contribution < 1.29 is 14.3 Å². The quantitative estimate of drug-likeness (QED) is 0.606. The standard InChI is InChI=1S/C14H10Cl3NO3/c1-20-10-6-4-8(13(18-10)14(19)21-2)7-3-5-9(15)12(17)11(7)16/h3-6H,1-2H3. The molecular weight excluding hydrogens is 337 g/mol. The molecule has 0 aliphatic carbocycles. The van der Waals surface area contributed by atoms with Crippen molar-refractivity contribution in [3.8, 4) is 17.0 Å². The summed E-state index contributed by atoms with van der Waals surface area (Å²) in [4.78, 5) is 16.0. The van der Waals surface area contributed by atoms with Crippen LogP contribution in [-0.4, -0.2) is 25.2 Å². The van der Waals surface area contributed by atoms with Gasteiger partial charge in [-0.25, -0.2) is 9.78 Å². The molecule has 21 heavy (non-hydrogen) atoms. The lowest BCUT2D eigenvalue weighted by atomic mass is 10.0. The van der Waals surface area contributed by atoms with E-state index in [0.29, 0.717) is 16.1 Å². The first kappa shape index (κ1) is 15.9. The van der Waals surface area contributed by atoms with Crippen LogP contribution in [0.2, 0.25) is 15.1 Å². The Morgan fingerprint density at radius 1 is 1.00 bits per heavy atom. The second-order valence-electron chi connectivity index (χ2n) is 3.96. The van der Waals surface area contributed by atoms with Crippen molar-refractivity contribution in [3.05, 3.63) is 45.0 Å². The fourth-order valence-electron chi connectivity index (χ4n) is 1.76. The Kier molecular flexibility index (Phi) is 4.93. The van der Waals surface area contributed by atoms with Crippen molar-refractivity contribution in [1.29, 1.82) is 0 Å². The molecule has 0 fully saturated rings. The second-order valence-corrected chi connectivity index (χ2v) is 5.13. The highest BCUT2D eigenvalue weighted by atomic mass is 35.5. The molecule has 2 aromatic rings. The Morgan fingerprint density at radius 3 is 2.29 bits per heavy atom. The summed E-state index contributed by atoms with van der Waals surface area (Å²) in [5, 5.41) is 0.773. The maximum atomic E-state index is 11.9. The Balaban J connectivity index is 2.69. The molecule has 2 rings (SSSR count). The third-order valence-electron chi connectivity index (χ3n) is 2.78. The minimum absolute atomic E-state index is 0.0807. The van der Waals surface area contributed by atoms with Crippen molar-refractivity contribution >= 4 is 40.8 Å². The molecule has 4 nitrogen and oxygen atoms in total. The average molecular weight is 347 g/mol. The van der Waals surface area contributed by atoms with Crippen LogP contribution in [0.1, 0.15) is 10.5 Å². The zero-order valence-corrected chi connectivity index (χ0v) is 13.4. The Bertz CT molecular complexity index is 704. The molecule has 0 spiro atoms. The Hall–Kier alpha value is -1.49. The molecule has 0 radical (unpaired) electrons. The van der Waals surface area contributed by atoms with E-state index in [9.17, 15) is 4.79 Å². The summed E-state index contributed by atoms with van der Waals surface area (Å²) in [5.41, 5.74) is 1.09. The van der Waals surface area contributed by atoms with Gasteiger partial charge in [-0.3, -0.25) is 0 Å². The van der Waals surface area contributed by atoms with Crippen LogP contribution in [0.15, 0.2) is 24.3 Å². The van der Waals surface area contributed by atoms with Gasteiger partial charge in [-0.15, -0.1) is 0 Å². The first-order valence-corrected chi connectivity index (χ1v) is 6.90. The van der Waals surface area contributed by atoms with Gasteiger partial charge in [0.25, 0.3) is 0 Å². The molecule has 7 heteroatoms. The van der Waals surface area contributed by atoms with E-state index in [1.165, 1.54) is 14.2 Å². The number of pyridine rings is 1. The van der Waals surface area contributed by atoms with Gasteiger partial charge in [-0.1, -0.05) is 40.9 Å². The normalized spacial score (nSPS) is 10.3. The summed E-state index contributed by atoms with van der Waals surface area (Å²) >= 11 is 18.1. The van der Waals surface area contributed by atoms with E-state index in [4.69, 9.17) is 44.3 Å². The number of carbonyl (C=O) groups excluding carboxylic acids is 1. The van der Waals surface area contributed by atoms with Gasteiger partial charge >= 0.3 is 5.97 Å². The van der Waals surface area contributed by atoms with Crippen LogP contribution >= 0.6 is 34.8 Å². The van der Waals surface area contributed by atoms with Crippen LogP contribution in [0.25, 0.3) is 11.1 Å². The SMILES string of the molecule is COC(=O)c1nc(OC)ccc1-c1ccc(Cl)c(Cl)c1Cl. The summed E-state index contributed by atoms with van der Waals surface area (Å²) in [6, 6.07) is 6.52. The third kappa shape index (κ3) is 3.07. The van der Waals surface area contributed by atoms with Crippen molar-refractivity contribution in [3.63, 3.8) is 0 Å². The molecule has 0 saturated heterocycles. The number of nitrogens with zero attached hydrogens (tertiary/aromatic N) is 1. The van der Waals surface area contributed by atoms with Gasteiger partial charge in [0.1, 0.15) is 0 Å². The van der Waals surface area contributed by atoms with Gasteiger partial charge in [0.05, 0.1) is 29.3 Å². The van der Waals surface area contributed by atoms with Crippen LogP contribution in [0.4, 0.5) is 0 Å². The molecule has 0 saturated carbocycles. The van der Waals surface area contributed by atoms with Crippen molar-refractivity contribution in [2.24, 2.45) is 0 Å². The van der Waals surface area contributed by atoms with E-state index < -0.39 is 5.97 Å². The van der Waals surface area contributed by atoms with E-state index in [-0.39, 0.29) is 21.6 Å². The highest BCUT2D eigenvalue weighted by molar-refractivity contribution is 6.49. The molecule has 110 valence electrons. The number of esters is 1. The number of carbonyl (C=O) groups is 1. The minimum Gasteiger partial charge on any atom is -0.481 e. The van der Waals surface area contributed by atoms with E-state index in [1.54, 1.807) is 24.3 Å². The van der Waals surface area contributed by atoms with Crippen molar-refractivity contribution in [2.45, 2.75) is 0 Å². The summed E-state index contributed by atoms with van der Waals surface area (Å²) in [6.07, 6.45) is 0. The number of aromatic nitrogens is 1. The highest BCUT2D eigenvalue weighted by Gasteiger charge is 2.20. The lowest BCUT2D eigenvalue weighted by Crippen LogP contribution is -2.07. The predicted octanol–water partition coefficient (Wildman–Crippen LogP) is 4.50. The van der Waals surface area contributed by atoms with Crippen LogP contribution in [0, 0.1) is 0 Å². The topological polar surface area (TPSA) is 48.4 Å². The van der Waals surface area contributed by atoms with E-state index in [2.05, 4.69) is 4.98 Å². The average Bonchev–Trinajstić information content (AvgIpc) is 2.51. The molecule has 0 amide bonds. The van der Waals surface area contributed by atoms with Gasteiger partial charge in [0.2, 0.25) is 5.88 Å². The number of hydrogen-bond donors (Lipinski definition) is 0. The Labute approximate surface area is 136 Å². The molecule has 0 N–H and O–H groups in total. The molecule has 1 heterocycles.